The molecule has 0 saturated carbocycles. The quantitative estimate of drug-likeness (QED) is 0.844. The standard InChI is InChI=1S/C15H24ClN/c1-14(2,3)17-11-15(4,5)10-12-8-6-7-9-13(12)16/h6-9,17H,10-11H2,1-5H3. The summed E-state index contributed by atoms with van der Waals surface area (Å²) in [4.78, 5) is 0. The van der Waals surface area contributed by atoms with Crippen molar-refractivity contribution in [2.45, 2.75) is 46.6 Å². The topological polar surface area (TPSA) is 12.0 Å². The molecule has 0 aliphatic rings. The largest absolute Gasteiger partial charge is 0.312 e. The fraction of sp³-hybridized carbons (Fsp3) is 0.600. The highest BCUT2D eigenvalue weighted by Crippen LogP contribution is 2.26. The van der Waals surface area contributed by atoms with Crippen LogP contribution in [0.2, 0.25) is 5.02 Å². The second kappa shape index (κ2) is 5.41. The Kier molecular flexibility index (Phi) is 4.62. The van der Waals surface area contributed by atoms with Crippen molar-refractivity contribution in [1.29, 1.82) is 0 Å². The van der Waals surface area contributed by atoms with E-state index in [4.69, 9.17) is 11.6 Å². The van der Waals surface area contributed by atoms with Crippen molar-refractivity contribution in [3.8, 4) is 0 Å². The van der Waals surface area contributed by atoms with E-state index in [0.29, 0.717) is 0 Å². The number of rotatable bonds is 4. The third kappa shape index (κ3) is 5.56. The van der Waals surface area contributed by atoms with Crippen molar-refractivity contribution in [3.05, 3.63) is 34.9 Å². The fourth-order valence-electron chi connectivity index (χ4n) is 1.72. The van der Waals surface area contributed by atoms with E-state index < -0.39 is 0 Å². The molecule has 0 saturated heterocycles. The number of halogens is 1. The molecule has 0 amide bonds. The van der Waals surface area contributed by atoms with Gasteiger partial charge in [0.05, 0.1) is 0 Å². The predicted molar refractivity (Wildman–Crippen MR) is 76.7 cm³/mol. The lowest BCUT2D eigenvalue weighted by molar-refractivity contribution is 0.289. The first-order valence-corrected chi connectivity index (χ1v) is 6.56. The van der Waals surface area contributed by atoms with E-state index in [9.17, 15) is 0 Å². The van der Waals surface area contributed by atoms with Gasteiger partial charge in [0.2, 0.25) is 0 Å². The smallest absolute Gasteiger partial charge is 0.0438 e. The van der Waals surface area contributed by atoms with Crippen molar-refractivity contribution < 1.29 is 0 Å². The first kappa shape index (κ1) is 14.5. The maximum Gasteiger partial charge on any atom is 0.0438 e. The molecule has 17 heavy (non-hydrogen) atoms. The van der Waals surface area contributed by atoms with Gasteiger partial charge in [-0.1, -0.05) is 43.6 Å². The Morgan fingerprint density at radius 3 is 2.18 bits per heavy atom. The van der Waals surface area contributed by atoms with Crippen LogP contribution in [0.4, 0.5) is 0 Å². The maximum absolute atomic E-state index is 6.20. The normalized spacial score (nSPS) is 12.8. The predicted octanol–water partition coefficient (Wildman–Crippen LogP) is 4.30. The van der Waals surface area contributed by atoms with E-state index in [1.165, 1.54) is 5.56 Å². The fourth-order valence-corrected chi connectivity index (χ4v) is 1.93. The lowest BCUT2D eigenvalue weighted by atomic mass is 9.85. The summed E-state index contributed by atoms with van der Waals surface area (Å²) in [6, 6.07) is 8.10. The van der Waals surface area contributed by atoms with Crippen LogP contribution in [0.3, 0.4) is 0 Å². The summed E-state index contributed by atoms with van der Waals surface area (Å²) in [7, 11) is 0. The molecule has 1 N–H and O–H groups in total. The van der Waals surface area contributed by atoms with Crippen molar-refractivity contribution in [3.63, 3.8) is 0 Å². The summed E-state index contributed by atoms with van der Waals surface area (Å²) >= 11 is 6.20. The molecular weight excluding hydrogens is 230 g/mol. The van der Waals surface area contributed by atoms with Crippen LogP contribution in [0.15, 0.2) is 24.3 Å². The number of hydrogen-bond donors (Lipinski definition) is 1. The average Bonchev–Trinajstić information content (AvgIpc) is 2.18. The van der Waals surface area contributed by atoms with E-state index in [1.807, 2.05) is 12.1 Å². The third-order valence-corrected chi connectivity index (χ3v) is 3.09. The first-order valence-electron chi connectivity index (χ1n) is 6.18. The first-order chi connectivity index (χ1) is 7.70. The molecular formula is C15H24ClN. The second-order valence-corrected chi connectivity index (χ2v) is 6.94. The average molecular weight is 254 g/mol. The van der Waals surface area contributed by atoms with Crippen LogP contribution in [0.5, 0.6) is 0 Å². The van der Waals surface area contributed by atoms with E-state index in [-0.39, 0.29) is 11.0 Å². The number of nitrogens with one attached hydrogen (secondary N) is 1. The van der Waals surface area contributed by atoms with E-state index in [2.05, 4.69) is 52.1 Å². The molecule has 1 rings (SSSR count). The third-order valence-electron chi connectivity index (χ3n) is 2.72. The van der Waals surface area contributed by atoms with Gasteiger partial charge < -0.3 is 5.32 Å². The lowest BCUT2D eigenvalue weighted by Gasteiger charge is -2.31. The summed E-state index contributed by atoms with van der Waals surface area (Å²) in [5.41, 5.74) is 1.60. The van der Waals surface area contributed by atoms with Crippen LogP contribution >= 0.6 is 11.6 Å². The number of hydrogen-bond acceptors (Lipinski definition) is 1. The minimum atomic E-state index is 0.164. The Morgan fingerprint density at radius 2 is 1.65 bits per heavy atom. The van der Waals surface area contributed by atoms with Gasteiger partial charge in [0.25, 0.3) is 0 Å². The molecule has 0 heterocycles. The SMILES string of the molecule is CC(C)(CNC(C)(C)C)Cc1ccccc1Cl. The highest BCUT2D eigenvalue weighted by molar-refractivity contribution is 6.31. The van der Waals surface area contributed by atoms with Crippen LogP contribution in [-0.2, 0) is 6.42 Å². The lowest BCUT2D eigenvalue weighted by Crippen LogP contribution is -2.42. The maximum atomic E-state index is 6.20. The summed E-state index contributed by atoms with van der Waals surface area (Å²) in [5, 5.41) is 4.43. The molecule has 0 aliphatic carbocycles. The Labute approximate surface area is 111 Å². The van der Waals surface area contributed by atoms with E-state index in [0.717, 1.165) is 18.0 Å². The molecule has 2 heteroatoms. The van der Waals surface area contributed by atoms with Crippen LogP contribution in [-0.4, -0.2) is 12.1 Å². The van der Waals surface area contributed by atoms with Crippen molar-refractivity contribution >= 4 is 11.6 Å². The molecule has 0 atom stereocenters. The van der Waals surface area contributed by atoms with Crippen molar-refractivity contribution in [2.24, 2.45) is 5.41 Å². The molecule has 0 aliphatic heterocycles. The summed E-state index contributed by atoms with van der Waals surface area (Å²) in [5.74, 6) is 0. The molecule has 96 valence electrons. The van der Waals surface area contributed by atoms with Gasteiger partial charge >= 0.3 is 0 Å². The zero-order chi connectivity index (χ0) is 13.1. The zero-order valence-electron chi connectivity index (χ0n) is 11.6. The van der Waals surface area contributed by atoms with E-state index in [1.54, 1.807) is 0 Å². The van der Waals surface area contributed by atoms with Crippen LogP contribution in [0.1, 0.15) is 40.2 Å². The Bertz CT molecular complexity index is 363. The molecule has 1 aromatic carbocycles. The van der Waals surface area contributed by atoms with Gasteiger partial charge in [-0.25, -0.2) is 0 Å². The summed E-state index contributed by atoms with van der Waals surface area (Å²) < 4.78 is 0. The minimum Gasteiger partial charge on any atom is -0.312 e. The van der Waals surface area contributed by atoms with Gasteiger partial charge in [0.15, 0.2) is 0 Å². The van der Waals surface area contributed by atoms with Gasteiger partial charge in [0.1, 0.15) is 0 Å². The zero-order valence-corrected chi connectivity index (χ0v) is 12.4. The molecule has 1 nitrogen and oxygen atoms in total. The summed E-state index contributed by atoms with van der Waals surface area (Å²) in [6.45, 7) is 12.1. The Balaban J connectivity index is 2.64. The molecule has 0 fully saturated rings. The summed E-state index contributed by atoms with van der Waals surface area (Å²) in [6.07, 6.45) is 0.996. The molecule has 0 radical (unpaired) electrons. The molecule has 0 unspecified atom stereocenters. The number of benzene rings is 1. The Hall–Kier alpha value is -0.530. The monoisotopic (exact) mass is 253 g/mol. The molecule has 0 bridgehead atoms. The van der Waals surface area contributed by atoms with Gasteiger partial charge in [-0.2, -0.15) is 0 Å². The van der Waals surface area contributed by atoms with Gasteiger partial charge in [-0.3, -0.25) is 0 Å². The van der Waals surface area contributed by atoms with Crippen LogP contribution < -0.4 is 5.32 Å². The van der Waals surface area contributed by atoms with Gasteiger partial charge in [0, 0.05) is 17.1 Å². The molecule has 0 aromatic heterocycles. The Morgan fingerprint density at radius 1 is 1.06 bits per heavy atom. The van der Waals surface area contributed by atoms with Crippen molar-refractivity contribution in [2.75, 3.05) is 6.54 Å². The van der Waals surface area contributed by atoms with Gasteiger partial charge in [-0.05, 0) is 44.2 Å². The van der Waals surface area contributed by atoms with Crippen LogP contribution in [0, 0.1) is 5.41 Å². The van der Waals surface area contributed by atoms with Crippen molar-refractivity contribution in [1.82, 2.24) is 5.32 Å². The highest BCUT2D eigenvalue weighted by Gasteiger charge is 2.22. The van der Waals surface area contributed by atoms with E-state index >= 15 is 0 Å². The van der Waals surface area contributed by atoms with Gasteiger partial charge in [-0.15, -0.1) is 0 Å². The minimum absolute atomic E-state index is 0.164. The highest BCUT2D eigenvalue weighted by atomic mass is 35.5. The second-order valence-electron chi connectivity index (χ2n) is 6.54. The molecule has 1 aromatic rings. The molecule has 0 spiro atoms. The van der Waals surface area contributed by atoms with Crippen LogP contribution in [0.25, 0.3) is 0 Å².